The number of carbonyl (C=O) groups is 3. The van der Waals surface area contributed by atoms with Crippen LogP contribution < -0.4 is 10.6 Å². The van der Waals surface area contributed by atoms with Crippen molar-refractivity contribution in [3.05, 3.63) is 36.0 Å². The fourth-order valence-corrected chi connectivity index (χ4v) is 3.26. The van der Waals surface area contributed by atoms with Gasteiger partial charge in [0.05, 0.1) is 10.6 Å². The van der Waals surface area contributed by atoms with Crippen LogP contribution in [0.3, 0.4) is 0 Å². The summed E-state index contributed by atoms with van der Waals surface area (Å²) in [7, 11) is -2.76. The Morgan fingerprint density at radius 3 is 2.38 bits per heavy atom. The van der Waals surface area contributed by atoms with E-state index in [0.717, 1.165) is 4.31 Å². The van der Waals surface area contributed by atoms with Crippen molar-refractivity contribution in [2.75, 3.05) is 30.8 Å². The molecule has 0 saturated heterocycles. The van der Waals surface area contributed by atoms with Gasteiger partial charge in [-0.2, -0.15) is 4.31 Å². The highest BCUT2D eigenvalue weighted by Crippen LogP contribution is 2.17. The fourth-order valence-electron chi connectivity index (χ4n) is 2.15. The van der Waals surface area contributed by atoms with Crippen molar-refractivity contribution in [1.82, 2.24) is 9.46 Å². The summed E-state index contributed by atoms with van der Waals surface area (Å²) in [5, 5.41) is 8.45. The van der Waals surface area contributed by atoms with Gasteiger partial charge < -0.3 is 14.6 Å². The molecule has 0 atom stereocenters. The lowest BCUT2D eigenvalue weighted by molar-refractivity contribution is -0.147. The third-order valence-electron chi connectivity index (χ3n) is 3.49. The van der Waals surface area contributed by atoms with Crippen molar-refractivity contribution >= 4 is 39.4 Å². The Balaban J connectivity index is 1.88. The summed E-state index contributed by atoms with van der Waals surface area (Å²) in [6, 6.07) is 6.94. The predicted octanol–water partition coefficient (Wildman–Crippen LogP) is 0.744. The molecule has 2 rings (SSSR count). The molecule has 1 aromatic heterocycles. The SMILES string of the molecule is CC(=O)Nc1ccc(S(=O)(=O)N(C)CC(=O)OCC(=O)Nc2cc(C)no2)cc1. The van der Waals surface area contributed by atoms with Crippen molar-refractivity contribution in [2.24, 2.45) is 0 Å². The highest BCUT2D eigenvalue weighted by atomic mass is 32.2. The molecule has 29 heavy (non-hydrogen) atoms. The number of esters is 1. The van der Waals surface area contributed by atoms with Crippen LogP contribution in [0.5, 0.6) is 0 Å². The van der Waals surface area contributed by atoms with Crippen LogP contribution in [0.2, 0.25) is 0 Å². The molecule has 0 aliphatic heterocycles. The Kier molecular flexibility index (Phi) is 7.07. The molecule has 0 bridgehead atoms. The van der Waals surface area contributed by atoms with Gasteiger partial charge in [-0.05, 0) is 31.2 Å². The quantitative estimate of drug-likeness (QED) is 0.590. The van der Waals surface area contributed by atoms with Crippen molar-refractivity contribution in [2.45, 2.75) is 18.7 Å². The average Bonchev–Trinajstić information content (AvgIpc) is 3.04. The zero-order valence-electron chi connectivity index (χ0n) is 16.0. The number of carbonyl (C=O) groups excluding carboxylic acids is 3. The van der Waals surface area contributed by atoms with Crippen LogP contribution in [-0.2, 0) is 29.1 Å². The van der Waals surface area contributed by atoms with Crippen LogP contribution in [0, 0.1) is 6.92 Å². The second-order valence-electron chi connectivity index (χ2n) is 6.01. The number of hydrogen-bond acceptors (Lipinski definition) is 8. The number of nitrogens with one attached hydrogen (secondary N) is 2. The summed E-state index contributed by atoms with van der Waals surface area (Å²) in [5.41, 5.74) is 1.00. The summed E-state index contributed by atoms with van der Waals surface area (Å²) in [4.78, 5) is 34.5. The molecule has 1 aromatic carbocycles. The minimum absolute atomic E-state index is 0.0691. The molecule has 0 radical (unpaired) electrons. The molecule has 2 amide bonds. The largest absolute Gasteiger partial charge is 0.455 e. The smallest absolute Gasteiger partial charge is 0.321 e. The van der Waals surface area contributed by atoms with Gasteiger partial charge in [-0.15, -0.1) is 0 Å². The molecule has 0 aliphatic carbocycles. The van der Waals surface area contributed by atoms with Crippen molar-refractivity contribution in [3.8, 4) is 0 Å². The van der Waals surface area contributed by atoms with Gasteiger partial charge in [-0.3, -0.25) is 19.7 Å². The highest BCUT2D eigenvalue weighted by molar-refractivity contribution is 7.89. The number of likely N-dealkylation sites (N-methyl/N-ethyl adjacent to an activating group) is 1. The van der Waals surface area contributed by atoms with Crippen LogP contribution in [0.4, 0.5) is 11.6 Å². The van der Waals surface area contributed by atoms with Crippen LogP contribution in [0.15, 0.2) is 39.8 Å². The molecule has 0 aliphatic rings. The zero-order chi connectivity index (χ0) is 21.6. The Morgan fingerprint density at radius 1 is 1.17 bits per heavy atom. The summed E-state index contributed by atoms with van der Waals surface area (Å²) in [6.45, 7) is 1.79. The Labute approximate surface area is 167 Å². The molecule has 2 N–H and O–H groups in total. The lowest BCUT2D eigenvalue weighted by Gasteiger charge is -2.16. The zero-order valence-corrected chi connectivity index (χ0v) is 16.8. The van der Waals surface area contributed by atoms with Crippen molar-refractivity contribution < 1.29 is 32.1 Å². The highest BCUT2D eigenvalue weighted by Gasteiger charge is 2.24. The lowest BCUT2D eigenvalue weighted by atomic mass is 10.3. The monoisotopic (exact) mass is 424 g/mol. The topological polar surface area (TPSA) is 148 Å². The summed E-state index contributed by atoms with van der Waals surface area (Å²) >= 11 is 0. The normalized spacial score (nSPS) is 11.2. The van der Waals surface area contributed by atoms with Gasteiger partial charge >= 0.3 is 5.97 Å². The van der Waals surface area contributed by atoms with Gasteiger partial charge in [0.15, 0.2) is 6.61 Å². The van der Waals surface area contributed by atoms with Gasteiger partial charge in [-0.1, -0.05) is 5.16 Å². The molecule has 1 heterocycles. The van der Waals surface area contributed by atoms with Crippen LogP contribution >= 0.6 is 0 Å². The number of ether oxygens (including phenoxy) is 1. The van der Waals surface area contributed by atoms with Gasteiger partial charge in [-0.25, -0.2) is 8.42 Å². The van der Waals surface area contributed by atoms with Gasteiger partial charge in [0.25, 0.3) is 5.91 Å². The first-order chi connectivity index (χ1) is 13.6. The summed E-state index contributed by atoms with van der Waals surface area (Å²) in [5.74, 6) is -1.75. The average molecular weight is 424 g/mol. The summed E-state index contributed by atoms with van der Waals surface area (Å²) < 4.78 is 35.4. The molecule has 0 spiro atoms. The molecular formula is C17H20N4O7S. The van der Waals surface area contributed by atoms with E-state index in [1.54, 1.807) is 6.92 Å². The molecule has 0 unspecified atom stereocenters. The van der Waals surface area contributed by atoms with Crippen molar-refractivity contribution in [3.63, 3.8) is 0 Å². The van der Waals surface area contributed by atoms with E-state index in [2.05, 4.69) is 15.8 Å². The van der Waals surface area contributed by atoms with Crippen molar-refractivity contribution in [1.29, 1.82) is 0 Å². The first-order valence-electron chi connectivity index (χ1n) is 8.30. The Hall–Kier alpha value is -3.25. The number of aromatic nitrogens is 1. The predicted molar refractivity (Wildman–Crippen MR) is 101 cm³/mol. The van der Waals surface area contributed by atoms with Gasteiger partial charge in [0.1, 0.15) is 6.54 Å². The van der Waals surface area contributed by atoms with Crippen LogP contribution in [0.1, 0.15) is 12.6 Å². The van der Waals surface area contributed by atoms with E-state index in [4.69, 9.17) is 9.26 Å². The maximum Gasteiger partial charge on any atom is 0.321 e. The standard InChI is InChI=1S/C17H20N4O7S/c1-11-8-16(28-20-11)19-15(23)10-27-17(24)9-21(3)29(25,26)14-6-4-13(5-7-14)18-12(2)22/h4-8H,9-10H2,1-3H3,(H,18,22)(H,19,23). The van der Waals surface area contributed by atoms with Gasteiger partial charge in [0, 0.05) is 25.7 Å². The fraction of sp³-hybridized carbons (Fsp3) is 0.294. The third-order valence-corrected chi connectivity index (χ3v) is 5.31. The van der Waals surface area contributed by atoms with E-state index in [1.165, 1.54) is 44.3 Å². The minimum Gasteiger partial charge on any atom is -0.455 e. The third kappa shape index (κ3) is 6.40. The molecule has 2 aromatic rings. The summed E-state index contributed by atoms with van der Waals surface area (Å²) in [6.07, 6.45) is 0. The number of sulfonamides is 1. The molecule has 12 heteroatoms. The van der Waals surface area contributed by atoms with E-state index in [1.807, 2.05) is 0 Å². The Bertz CT molecular complexity index is 999. The van der Waals surface area contributed by atoms with E-state index in [9.17, 15) is 22.8 Å². The molecule has 156 valence electrons. The number of amides is 2. The number of anilines is 2. The van der Waals surface area contributed by atoms with E-state index >= 15 is 0 Å². The Morgan fingerprint density at radius 2 is 1.83 bits per heavy atom. The molecular weight excluding hydrogens is 404 g/mol. The number of aryl methyl sites for hydroxylation is 1. The molecule has 0 saturated carbocycles. The van der Waals surface area contributed by atoms with E-state index < -0.39 is 35.1 Å². The number of nitrogens with zero attached hydrogens (tertiary/aromatic N) is 2. The lowest BCUT2D eigenvalue weighted by Crippen LogP contribution is -2.34. The van der Waals surface area contributed by atoms with Crippen LogP contribution in [0.25, 0.3) is 0 Å². The molecule has 11 nitrogen and oxygen atoms in total. The minimum atomic E-state index is -3.97. The first kappa shape index (κ1) is 22.0. The second kappa shape index (κ2) is 9.30. The number of benzene rings is 1. The first-order valence-corrected chi connectivity index (χ1v) is 9.74. The molecule has 0 fully saturated rings. The van der Waals surface area contributed by atoms with E-state index in [0.29, 0.717) is 11.4 Å². The maximum atomic E-state index is 12.5. The number of rotatable bonds is 8. The van der Waals surface area contributed by atoms with Crippen LogP contribution in [-0.4, -0.2) is 55.9 Å². The van der Waals surface area contributed by atoms with E-state index in [-0.39, 0.29) is 16.7 Å². The number of hydrogen-bond donors (Lipinski definition) is 2. The van der Waals surface area contributed by atoms with Gasteiger partial charge in [0.2, 0.25) is 21.8 Å². The maximum absolute atomic E-state index is 12.5. The second-order valence-corrected chi connectivity index (χ2v) is 8.05.